The summed E-state index contributed by atoms with van der Waals surface area (Å²) in [5, 5.41) is 10.0. The average Bonchev–Trinajstić information content (AvgIpc) is 2.01. The van der Waals surface area contributed by atoms with Crippen molar-refractivity contribution in [3.05, 3.63) is 0 Å². The molecule has 0 fully saturated rings. The number of hydrogen-bond acceptors (Lipinski definition) is 8. The number of hydrogen-bond donors (Lipinski definition) is 2. The van der Waals surface area contributed by atoms with Gasteiger partial charge in [-0.05, 0) is 19.4 Å². The third-order valence-electron chi connectivity index (χ3n) is 1.27. The molecular formula is C6H13FeN2O6S. The topological polar surface area (TPSA) is 172 Å². The van der Waals surface area contributed by atoms with Crippen LogP contribution in [-0.2, 0) is 32.3 Å². The van der Waals surface area contributed by atoms with Crippen LogP contribution in [0.3, 0.4) is 0 Å². The fraction of sp³-hybridized carbons (Fsp3) is 0.833. The van der Waals surface area contributed by atoms with E-state index in [-0.39, 0.29) is 17.1 Å². The van der Waals surface area contributed by atoms with Crippen LogP contribution in [0.25, 0.3) is 0 Å². The van der Waals surface area contributed by atoms with Gasteiger partial charge in [0.05, 0.1) is 5.97 Å². The van der Waals surface area contributed by atoms with Gasteiger partial charge in [-0.1, -0.05) is 6.42 Å². The average molecular weight is 297 g/mol. The van der Waals surface area contributed by atoms with Gasteiger partial charge in [-0.2, -0.15) is 0 Å². The first-order chi connectivity index (χ1) is 6.68. The molecular weight excluding hydrogens is 284 g/mol. The Morgan fingerprint density at radius 1 is 1.25 bits per heavy atom. The summed E-state index contributed by atoms with van der Waals surface area (Å²) in [6, 6.07) is -0.827. The maximum absolute atomic E-state index is 10.0. The number of rotatable bonds is 5. The van der Waals surface area contributed by atoms with Crippen molar-refractivity contribution in [2.75, 3.05) is 6.54 Å². The number of aliphatic carboxylic acids is 1. The molecule has 10 heteroatoms. The quantitative estimate of drug-likeness (QED) is 0.231. The molecule has 0 rings (SSSR count). The Bertz CT molecular complexity index is 262. The maximum atomic E-state index is 10.0. The van der Waals surface area contributed by atoms with E-state index in [0.29, 0.717) is 13.0 Å². The molecule has 97 valence electrons. The second kappa shape index (κ2) is 11.3. The molecule has 16 heavy (non-hydrogen) atoms. The van der Waals surface area contributed by atoms with E-state index in [1.807, 2.05) is 0 Å². The number of carboxylic acid groups (broad SMARTS) is 1. The molecule has 0 aromatic rings. The van der Waals surface area contributed by atoms with Gasteiger partial charge in [0.15, 0.2) is 0 Å². The summed E-state index contributed by atoms with van der Waals surface area (Å²) in [7, 11) is -5.17. The molecule has 0 heterocycles. The molecule has 0 spiro atoms. The third kappa shape index (κ3) is 29.2. The number of nitrogens with two attached hydrogens (primary N) is 2. The van der Waals surface area contributed by atoms with Gasteiger partial charge in [-0.3, -0.25) is 8.42 Å². The minimum absolute atomic E-state index is 0. The minimum Gasteiger partial charge on any atom is -0.759 e. The molecule has 0 aliphatic rings. The fourth-order valence-corrected chi connectivity index (χ4v) is 0.626. The molecule has 0 saturated carbocycles. The zero-order chi connectivity index (χ0) is 12.5. The molecule has 0 aliphatic carbocycles. The molecule has 0 aliphatic heterocycles. The molecule has 0 amide bonds. The largest absolute Gasteiger partial charge is 3.00 e. The number of carbonyl (C=O) groups excluding carboxylic acids is 1. The SMILES string of the molecule is NCCCC[C@H](N)C(=O)[O-].O=S(=O)([O-])[O-].[Fe+3]. The summed E-state index contributed by atoms with van der Waals surface area (Å²) in [4.78, 5) is 10.0. The Hall–Kier alpha value is -0.221. The molecule has 0 unspecified atom stereocenters. The van der Waals surface area contributed by atoms with Gasteiger partial charge in [0.1, 0.15) is 0 Å². The summed E-state index contributed by atoms with van der Waals surface area (Å²) in [6.45, 7) is 0.583. The van der Waals surface area contributed by atoms with E-state index in [2.05, 4.69) is 0 Å². The minimum atomic E-state index is -5.17. The van der Waals surface area contributed by atoms with Crippen molar-refractivity contribution in [3.63, 3.8) is 0 Å². The van der Waals surface area contributed by atoms with Crippen LogP contribution in [0.1, 0.15) is 19.3 Å². The van der Waals surface area contributed by atoms with Crippen molar-refractivity contribution in [2.24, 2.45) is 11.5 Å². The molecule has 0 saturated heterocycles. The van der Waals surface area contributed by atoms with Crippen molar-refractivity contribution in [1.82, 2.24) is 0 Å². The van der Waals surface area contributed by atoms with Gasteiger partial charge in [-0.25, -0.2) is 0 Å². The Balaban J connectivity index is -0.000000242. The van der Waals surface area contributed by atoms with E-state index in [9.17, 15) is 9.90 Å². The van der Waals surface area contributed by atoms with Crippen LogP contribution in [0.2, 0.25) is 0 Å². The predicted molar refractivity (Wildman–Crippen MR) is 46.4 cm³/mol. The van der Waals surface area contributed by atoms with Crippen LogP contribution in [-0.4, -0.2) is 36.1 Å². The predicted octanol–water partition coefficient (Wildman–Crippen LogP) is -3.15. The van der Waals surface area contributed by atoms with Crippen LogP contribution in [0.15, 0.2) is 0 Å². The fourth-order valence-electron chi connectivity index (χ4n) is 0.626. The maximum Gasteiger partial charge on any atom is 3.00 e. The summed E-state index contributed by atoms with van der Waals surface area (Å²) >= 11 is 0. The summed E-state index contributed by atoms with van der Waals surface area (Å²) in [5.74, 6) is -1.18. The monoisotopic (exact) mass is 297 g/mol. The molecule has 0 bridgehead atoms. The van der Waals surface area contributed by atoms with Gasteiger partial charge in [0, 0.05) is 16.4 Å². The number of carbonyl (C=O) groups is 1. The smallest absolute Gasteiger partial charge is 0.759 e. The summed E-state index contributed by atoms with van der Waals surface area (Å²) < 4.78 is 34.1. The van der Waals surface area contributed by atoms with E-state index >= 15 is 0 Å². The van der Waals surface area contributed by atoms with E-state index < -0.39 is 22.4 Å². The summed E-state index contributed by atoms with van der Waals surface area (Å²) in [6.07, 6.45) is 2.03. The van der Waals surface area contributed by atoms with Crippen LogP contribution in [0.4, 0.5) is 0 Å². The normalized spacial score (nSPS) is 11.8. The Labute approximate surface area is 104 Å². The summed E-state index contributed by atoms with van der Waals surface area (Å²) in [5.41, 5.74) is 10.3. The second-order valence-corrected chi connectivity index (χ2v) is 3.43. The zero-order valence-electron chi connectivity index (χ0n) is 8.27. The van der Waals surface area contributed by atoms with Crippen LogP contribution < -0.4 is 16.6 Å². The van der Waals surface area contributed by atoms with E-state index in [1.54, 1.807) is 0 Å². The van der Waals surface area contributed by atoms with Crippen molar-refractivity contribution in [3.8, 4) is 0 Å². The third-order valence-corrected chi connectivity index (χ3v) is 1.27. The molecule has 0 aromatic heterocycles. The standard InChI is InChI=1S/C6H14N2O2.Fe.H2O4S/c7-4-2-1-3-5(8)6(9)10;;1-5(2,3)4/h5H,1-4,7-8H2,(H,9,10);;(H2,1,2,3,4)/q;+3;/p-3/t5-;;/m0../s1. The van der Waals surface area contributed by atoms with Gasteiger partial charge in [0.2, 0.25) is 0 Å². The second-order valence-electron chi connectivity index (χ2n) is 2.62. The van der Waals surface area contributed by atoms with E-state index in [1.165, 1.54) is 0 Å². The Kier molecular flexibility index (Phi) is 14.9. The zero-order valence-corrected chi connectivity index (χ0v) is 10.2. The Morgan fingerprint density at radius 3 is 1.88 bits per heavy atom. The van der Waals surface area contributed by atoms with E-state index in [0.717, 1.165) is 12.8 Å². The van der Waals surface area contributed by atoms with Crippen molar-refractivity contribution in [1.29, 1.82) is 0 Å². The number of carboxylic acids is 1. The van der Waals surface area contributed by atoms with Crippen molar-refractivity contribution >= 4 is 16.4 Å². The van der Waals surface area contributed by atoms with E-state index in [4.69, 9.17) is 29.0 Å². The first kappa shape index (κ1) is 21.1. The van der Waals surface area contributed by atoms with Crippen molar-refractivity contribution < 1.29 is 44.5 Å². The molecule has 8 nitrogen and oxygen atoms in total. The van der Waals surface area contributed by atoms with Crippen molar-refractivity contribution in [2.45, 2.75) is 25.3 Å². The Morgan fingerprint density at radius 2 is 1.62 bits per heavy atom. The van der Waals surface area contributed by atoms with Gasteiger partial charge < -0.3 is 30.5 Å². The first-order valence-corrected chi connectivity index (χ1v) is 5.35. The first-order valence-electron chi connectivity index (χ1n) is 4.01. The number of unbranched alkanes of at least 4 members (excludes halogenated alkanes) is 1. The van der Waals surface area contributed by atoms with Crippen LogP contribution >= 0.6 is 0 Å². The molecule has 4 N–H and O–H groups in total. The van der Waals surface area contributed by atoms with Gasteiger partial charge in [0.25, 0.3) is 0 Å². The molecule has 1 radical (unpaired) electrons. The molecule has 0 aromatic carbocycles. The van der Waals surface area contributed by atoms with Crippen LogP contribution in [0.5, 0.6) is 0 Å². The molecule has 1 atom stereocenters. The van der Waals surface area contributed by atoms with Gasteiger partial charge >= 0.3 is 17.1 Å². The van der Waals surface area contributed by atoms with Crippen LogP contribution in [0, 0.1) is 0 Å². The van der Waals surface area contributed by atoms with Gasteiger partial charge in [-0.15, -0.1) is 0 Å².